The Morgan fingerprint density at radius 2 is 1.92 bits per heavy atom. The van der Waals surface area contributed by atoms with Gasteiger partial charge in [-0.3, -0.25) is 4.68 Å². The van der Waals surface area contributed by atoms with Gasteiger partial charge in [0.05, 0.1) is 24.5 Å². The van der Waals surface area contributed by atoms with Crippen LogP contribution in [0.1, 0.15) is 35.5 Å². The zero-order valence-electron chi connectivity index (χ0n) is 15.3. The molecule has 0 amide bonds. The number of hydrogen-bond donors (Lipinski definition) is 2. The van der Waals surface area contributed by atoms with Crippen LogP contribution in [0.3, 0.4) is 0 Å². The van der Waals surface area contributed by atoms with Crippen molar-refractivity contribution in [1.82, 2.24) is 29.9 Å². The van der Waals surface area contributed by atoms with Gasteiger partial charge in [0, 0.05) is 23.8 Å². The fraction of sp³-hybridized carbons (Fsp3) is 0.389. The Kier molecular flexibility index (Phi) is 6.90. The summed E-state index contributed by atoms with van der Waals surface area (Å²) in [5.74, 6) is 0. The molecule has 2 heterocycles. The summed E-state index contributed by atoms with van der Waals surface area (Å²) in [5, 5.41) is 21.3. The van der Waals surface area contributed by atoms with Crippen LogP contribution in [-0.4, -0.2) is 36.3 Å². The van der Waals surface area contributed by atoms with Gasteiger partial charge in [0.25, 0.3) is 0 Å². The summed E-state index contributed by atoms with van der Waals surface area (Å²) in [7, 11) is 0. The Hall–Kier alpha value is -2.22. The molecule has 0 fully saturated rings. The maximum Gasteiger partial charge on any atom is 0.138 e. The molecule has 2 N–H and O–H groups in total. The molecule has 2 aromatic heterocycles. The van der Waals surface area contributed by atoms with E-state index in [1.54, 1.807) is 11.0 Å². The van der Waals surface area contributed by atoms with Crippen LogP contribution in [-0.2, 0) is 13.1 Å². The minimum absolute atomic E-state index is 0. The Morgan fingerprint density at radius 1 is 1.19 bits per heavy atom. The van der Waals surface area contributed by atoms with E-state index in [0.717, 1.165) is 23.6 Å². The van der Waals surface area contributed by atoms with Gasteiger partial charge in [0.2, 0.25) is 0 Å². The number of aliphatic hydroxyl groups is 1. The largest absolute Gasteiger partial charge is 0.394 e. The quantitative estimate of drug-likeness (QED) is 0.661. The van der Waals surface area contributed by atoms with Crippen LogP contribution in [0.5, 0.6) is 0 Å². The van der Waals surface area contributed by atoms with Crippen molar-refractivity contribution in [3.63, 3.8) is 0 Å². The Bertz CT molecular complexity index is 813. The molecule has 0 aliphatic rings. The third-order valence-corrected chi connectivity index (χ3v) is 4.50. The first-order valence-electron chi connectivity index (χ1n) is 8.42. The minimum atomic E-state index is 0. The highest BCUT2D eigenvalue weighted by Crippen LogP contribution is 2.18. The molecule has 0 bridgehead atoms. The summed E-state index contributed by atoms with van der Waals surface area (Å²) in [6, 6.07) is 8.49. The predicted molar refractivity (Wildman–Crippen MR) is 103 cm³/mol. The van der Waals surface area contributed by atoms with Gasteiger partial charge in [-0.25, -0.2) is 9.67 Å². The van der Waals surface area contributed by atoms with Crippen LogP contribution in [0, 0.1) is 13.8 Å². The van der Waals surface area contributed by atoms with Crippen molar-refractivity contribution < 1.29 is 5.11 Å². The number of aryl methyl sites for hydroxylation is 1. The second-order valence-electron chi connectivity index (χ2n) is 6.13. The van der Waals surface area contributed by atoms with E-state index >= 15 is 0 Å². The summed E-state index contributed by atoms with van der Waals surface area (Å²) in [6.45, 7) is 7.58. The van der Waals surface area contributed by atoms with E-state index in [1.807, 2.05) is 30.7 Å². The average molecular weight is 377 g/mol. The summed E-state index contributed by atoms with van der Waals surface area (Å²) in [4.78, 5) is 3.97. The number of halogens is 1. The summed E-state index contributed by atoms with van der Waals surface area (Å²) in [6.07, 6.45) is 3.21. The standard InChI is InChI=1S/C18H24N6O.ClH/c1-13(16-4-6-17(7-5-16)24-12-19-11-21-24)20-10-18-14(2)22-23(8-9-25)15(18)3;/h4-7,11-13,20,25H,8-10H2,1-3H3;1H. The molecule has 3 rings (SSSR count). The molecule has 0 radical (unpaired) electrons. The second-order valence-corrected chi connectivity index (χ2v) is 6.13. The van der Waals surface area contributed by atoms with Gasteiger partial charge in [-0.05, 0) is 38.5 Å². The van der Waals surface area contributed by atoms with Gasteiger partial charge < -0.3 is 10.4 Å². The monoisotopic (exact) mass is 376 g/mol. The summed E-state index contributed by atoms with van der Waals surface area (Å²) >= 11 is 0. The fourth-order valence-corrected chi connectivity index (χ4v) is 2.93. The highest BCUT2D eigenvalue weighted by molar-refractivity contribution is 5.85. The maximum absolute atomic E-state index is 9.12. The van der Waals surface area contributed by atoms with Crippen LogP contribution in [0.2, 0.25) is 0 Å². The molecule has 3 aromatic rings. The van der Waals surface area contributed by atoms with Gasteiger partial charge >= 0.3 is 0 Å². The lowest BCUT2D eigenvalue weighted by molar-refractivity contribution is 0.267. The van der Waals surface area contributed by atoms with E-state index in [9.17, 15) is 0 Å². The molecule has 1 atom stereocenters. The number of hydrogen-bond acceptors (Lipinski definition) is 5. The number of benzene rings is 1. The molecular formula is C18H25ClN6O. The molecule has 0 aliphatic carbocycles. The van der Waals surface area contributed by atoms with Crippen LogP contribution in [0.4, 0.5) is 0 Å². The Balaban J connectivity index is 0.00000243. The van der Waals surface area contributed by atoms with Crippen molar-refractivity contribution in [2.75, 3.05) is 6.61 Å². The van der Waals surface area contributed by atoms with Crippen LogP contribution >= 0.6 is 12.4 Å². The number of rotatable bonds is 7. The second kappa shape index (κ2) is 8.93. The van der Waals surface area contributed by atoms with E-state index in [0.29, 0.717) is 6.54 Å². The predicted octanol–water partition coefficient (Wildman–Crippen LogP) is 2.35. The van der Waals surface area contributed by atoms with Crippen molar-refractivity contribution in [3.8, 4) is 5.69 Å². The van der Waals surface area contributed by atoms with E-state index in [1.165, 1.54) is 17.5 Å². The van der Waals surface area contributed by atoms with E-state index < -0.39 is 0 Å². The third-order valence-electron chi connectivity index (χ3n) is 4.50. The lowest BCUT2D eigenvalue weighted by atomic mass is 10.1. The smallest absolute Gasteiger partial charge is 0.138 e. The minimum Gasteiger partial charge on any atom is -0.394 e. The lowest BCUT2D eigenvalue weighted by Crippen LogP contribution is -2.19. The normalized spacial score (nSPS) is 12.0. The number of nitrogens with one attached hydrogen (secondary N) is 1. The van der Waals surface area contributed by atoms with Crippen molar-refractivity contribution in [3.05, 3.63) is 59.4 Å². The first kappa shape index (κ1) is 20.1. The Morgan fingerprint density at radius 3 is 2.54 bits per heavy atom. The first-order valence-corrected chi connectivity index (χ1v) is 8.42. The third kappa shape index (κ3) is 4.30. The molecule has 26 heavy (non-hydrogen) atoms. The number of aliphatic hydroxyl groups excluding tert-OH is 1. The molecule has 8 heteroatoms. The molecule has 0 spiro atoms. The van der Waals surface area contributed by atoms with Crippen LogP contribution in [0.15, 0.2) is 36.9 Å². The SMILES string of the molecule is Cc1nn(CCO)c(C)c1CNC(C)c1ccc(-n2cncn2)cc1.Cl. The summed E-state index contributed by atoms with van der Waals surface area (Å²) in [5.41, 5.74) is 5.51. The number of aromatic nitrogens is 5. The van der Waals surface area contributed by atoms with Crippen LogP contribution < -0.4 is 5.32 Å². The number of nitrogens with zero attached hydrogens (tertiary/aromatic N) is 5. The van der Waals surface area contributed by atoms with Gasteiger partial charge in [0.15, 0.2) is 0 Å². The van der Waals surface area contributed by atoms with Crippen LogP contribution in [0.25, 0.3) is 5.69 Å². The molecule has 0 aliphatic heterocycles. The molecule has 140 valence electrons. The van der Waals surface area contributed by atoms with Gasteiger partial charge in [-0.1, -0.05) is 12.1 Å². The highest BCUT2D eigenvalue weighted by Gasteiger charge is 2.13. The molecule has 1 unspecified atom stereocenters. The zero-order chi connectivity index (χ0) is 17.8. The van der Waals surface area contributed by atoms with Gasteiger partial charge in [-0.2, -0.15) is 10.2 Å². The van der Waals surface area contributed by atoms with Crippen molar-refractivity contribution >= 4 is 12.4 Å². The van der Waals surface area contributed by atoms with Crippen molar-refractivity contribution in [2.24, 2.45) is 0 Å². The van der Waals surface area contributed by atoms with Crippen molar-refractivity contribution in [1.29, 1.82) is 0 Å². The lowest BCUT2D eigenvalue weighted by Gasteiger charge is -2.15. The highest BCUT2D eigenvalue weighted by atomic mass is 35.5. The average Bonchev–Trinajstić information content (AvgIpc) is 3.23. The van der Waals surface area contributed by atoms with E-state index in [-0.39, 0.29) is 25.1 Å². The van der Waals surface area contributed by atoms with Crippen molar-refractivity contribution in [2.45, 2.75) is 39.9 Å². The topological polar surface area (TPSA) is 80.8 Å². The van der Waals surface area contributed by atoms with Gasteiger partial charge in [-0.15, -0.1) is 12.4 Å². The summed E-state index contributed by atoms with van der Waals surface area (Å²) < 4.78 is 3.61. The van der Waals surface area contributed by atoms with Gasteiger partial charge in [0.1, 0.15) is 12.7 Å². The van der Waals surface area contributed by atoms with E-state index in [4.69, 9.17) is 5.11 Å². The molecule has 0 saturated carbocycles. The van der Waals surface area contributed by atoms with E-state index in [2.05, 4.69) is 39.6 Å². The first-order chi connectivity index (χ1) is 12.1. The fourth-order valence-electron chi connectivity index (χ4n) is 2.93. The molecule has 1 aromatic carbocycles. The molecular weight excluding hydrogens is 352 g/mol. The maximum atomic E-state index is 9.12. The zero-order valence-corrected chi connectivity index (χ0v) is 16.1. The molecule has 0 saturated heterocycles. The Labute approximate surface area is 159 Å². The molecule has 7 nitrogen and oxygen atoms in total.